The lowest BCUT2D eigenvalue weighted by molar-refractivity contribution is -0.138. The Hall–Kier alpha value is -3.11. The maximum absolute atomic E-state index is 12.9. The predicted molar refractivity (Wildman–Crippen MR) is 119 cm³/mol. The second-order valence-electron chi connectivity index (χ2n) is 8.08. The van der Waals surface area contributed by atoms with Crippen LogP contribution < -0.4 is 0 Å². The number of aliphatic hydroxyl groups is 1. The van der Waals surface area contributed by atoms with Gasteiger partial charge in [0.25, 0.3) is 0 Å². The molecule has 0 radical (unpaired) electrons. The average Bonchev–Trinajstić information content (AvgIpc) is 2.81. The first kappa shape index (κ1) is 26.5. The minimum absolute atomic E-state index is 0.286. The molecule has 1 fully saturated rings. The van der Waals surface area contributed by atoms with Crippen molar-refractivity contribution in [2.45, 2.75) is 25.5 Å². The normalized spacial score (nSPS) is 16.4. The SMILES string of the molecule is CC(O)N1CCN(C(=O)/C=C/C=C(c2ccc(C(F)(F)F)cc2)c2ccc(C(F)(F)F)cc2)CC1. The molecule has 0 aromatic heterocycles. The van der Waals surface area contributed by atoms with E-state index in [-0.39, 0.29) is 5.91 Å². The van der Waals surface area contributed by atoms with Gasteiger partial charge in [0.15, 0.2) is 0 Å². The zero-order chi connectivity index (χ0) is 25.8. The highest BCUT2D eigenvalue weighted by molar-refractivity contribution is 5.89. The van der Waals surface area contributed by atoms with Crippen molar-refractivity contribution in [2.75, 3.05) is 26.2 Å². The molecule has 3 rings (SSSR count). The molecule has 2 aromatic rings. The fraction of sp³-hybridized carbons (Fsp3) is 0.320. The molecule has 1 aliphatic rings. The first-order valence-corrected chi connectivity index (χ1v) is 10.8. The summed E-state index contributed by atoms with van der Waals surface area (Å²) in [5.41, 5.74) is -0.651. The van der Waals surface area contributed by atoms with Gasteiger partial charge in [0.05, 0.1) is 11.1 Å². The number of hydrogen-bond donors (Lipinski definition) is 1. The van der Waals surface area contributed by atoms with E-state index in [9.17, 15) is 36.2 Å². The van der Waals surface area contributed by atoms with Crippen LogP contribution in [-0.4, -0.2) is 53.2 Å². The van der Waals surface area contributed by atoms with Crippen molar-refractivity contribution in [2.24, 2.45) is 0 Å². The number of carbonyl (C=O) groups is 1. The Balaban J connectivity index is 1.86. The molecule has 0 bridgehead atoms. The van der Waals surface area contributed by atoms with Gasteiger partial charge in [-0.1, -0.05) is 36.4 Å². The highest BCUT2D eigenvalue weighted by Gasteiger charge is 2.31. The van der Waals surface area contributed by atoms with Crippen LogP contribution in [0, 0.1) is 0 Å². The molecule has 2 aromatic carbocycles. The van der Waals surface area contributed by atoms with Crippen LogP contribution >= 0.6 is 0 Å². The molecule has 1 heterocycles. The van der Waals surface area contributed by atoms with Crippen LogP contribution in [0.2, 0.25) is 0 Å². The van der Waals surface area contributed by atoms with Crippen LogP contribution in [0.4, 0.5) is 26.3 Å². The van der Waals surface area contributed by atoms with Gasteiger partial charge in [-0.2, -0.15) is 26.3 Å². The third kappa shape index (κ3) is 6.95. The molecule has 1 saturated heterocycles. The van der Waals surface area contributed by atoms with Crippen molar-refractivity contribution in [3.05, 3.63) is 89.0 Å². The summed E-state index contributed by atoms with van der Waals surface area (Å²) in [5, 5.41) is 9.62. The van der Waals surface area contributed by atoms with Crippen molar-refractivity contribution in [1.82, 2.24) is 9.80 Å². The van der Waals surface area contributed by atoms with Gasteiger partial charge < -0.3 is 10.0 Å². The molecule has 1 atom stereocenters. The van der Waals surface area contributed by atoms with Crippen LogP contribution in [0.1, 0.15) is 29.2 Å². The number of piperazine rings is 1. The topological polar surface area (TPSA) is 43.8 Å². The van der Waals surface area contributed by atoms with E-state index in [1.165, 1.54) is 42.5 Å². The summed E-state index contributed by atoms with van der Waals surface area (Å²) in [6.07, 6.45) is -5.46. The number of alkyl halides is 6. The number of allylic oxidation sites excluding steroid dienone is 2. The number of hydrogen-bond acceptors (Lipinski definition) is 3. The van der Waals surface area contributed by atoms with Gasteiger partial charge in [0, 0.05) is 32.3 Å². The quantitative estimate of drug-likeness (QED) is 0.351. The smallest absolute Gasteiger partial charge is 0.379 e. The maximum atomic E-state index is 12.9. The third-order valence-electron chi connectivity index (χ3n) is 5.70. The van der Waals surface area contributed by atoms with Gasteiger partial charge in [0.1, 0.15) is 6.23 Å². The fourth-order valence-corrected chi connectivity index (χ4v) is 3.68. The van der Waals surface area contributed by atoms with Gasteiger partial charge in [-0.25, -0.2) is 0 Å². The van der Waals surface area contributed by atoms with Gasteiger partial charge >= 0.3 is 12.4 Å². The third-order valence-corrected chi connectivity index (χ3v) is 5.70. The molecule has 1 unspecified atom stereocenters. The first-order valence-electron chi connectivity index (χ1n) is 10.8. The van der Waals surface area contributed by atoms with E-state index in [0.717, 1.165) is 24.3 Å². The molecular formula is C25H24F6N2O2. The molecule has 1 N–H and O–H groups in total. The largest absolute Gasteiger partial charge is 0.416 e. The van der Waals surface area contributed by atoms with E-state index >= 15 is 0 Å². The van der Waals surface area contributed by atoms with Gasteiger partial charge in [-0.3, -0.25) is 9.69 Å². The van der Waals surface area contributed by atoms with Crippen LogP contribution in [0.25, 0.3) is 5.57 Å². The molecule has 1 aliphatic heterocycles. The lowest BCUT2D eigenvalue weighted by Crippen LogP contribution is -2.50. The Morgan fingerprint density at radius 2 is 1.26 bits per heavy atom. The Kier molecular flexibility index (Phi) is 8.07. The number of benzene rings is 2. The maximum Gasteiger partial charge on any atom is 0.416 e. The summed E-state index contributed by atoms with van der Waals surface area (Å²) < 4.78 is 77.7. The molecular weight excluding hydrogens is 474 g/mol. The number of rotatable bonds is 5. The van der Waals surface area contributed by atoms with E-state index in [1.54, 1.807) is 11.8 Å². The Morgan fingerprint density at radius 1 is 0.829 bits per heavy atom. The molecule has 0 spiro atoms. The summed E-state index contributed by atoms with van der Waals surface area (Å²) in [6, 6.07) is 8.50. The van der Waals surface area contributed by atoms with Crippen molar-refractivity contribution in [1.29, 1.82) is 0 Å². The monoisotopic (exact) mass is 498 g/mol. The Bertz CT molecular complexity index is 1000. The minimum Gasteiger partial charge on any atom is -0.379 e. The van der Waals surface area contributed by atoms with E-state index in [1.807, 2.05) is 4.90 Å². The predicted octanol–water partition coefficient (Wildman–Crippen LogP) is 5.19. The molecule has 188 valence electrons. The van der Waals surface area contributed by atoms with Crippen LogP contribution in [0.5, 0.6) is 0 Å². The van der Waals surface area contributed by atoms with E-state index in [2.05, 4.69) is 0 Å². The van der Waals surface area contributed by atoms with E-state index in [0.29, 0.717) is 42.9 Å². The molecule has 4 nitrogen and oxygen atoms in total. The van der Waals surface area contributed by atoms with E-state index < -0.39 is 29.7 Å². The fourth-order valence-electron chi connectivity index (χ4n) is 3.68. The molecule has 1 amide bonds. The lowest BCUT2D eigenvalue weighted by Gasteiger charge is -2.35. The van der Waals surface area contributed by atoms with E-state index in [4.69, 9.17) is 0 Å². The number of amides is 1. The van der Waals surface area contributed by atoms with Gasteiger partial charge in [-0.05, 0) is 47.9 Å². The summed E-state index contributed by atoms with van der Waals surface area (Å²) in [6.45, 7) is 3.50. The number of aliphatic hydroxyl groups excluding tert-OH is 1. The van der Waals surface area contributed by atoms with Gasteiger partial charge in [-0.15, -0.1) is 0 Å². The molecule has 0 aliphatic carbocycles. The standard InChI is InChI=1S/C25H24F6N2O2/c1-17(34)32-13-15-33(16-14-32)23(35)4-2-3-22(18-5-9-20(10-6-18)24(26,27)28)19-7-11-21(12-8-19)25(29,30)31/h2-12,17,34H,13-16H2,1H3/b4-2+. The van der Waals surface area contributed by atoms with Crippen molar-refractivity contribution < 1.29 is 36.2 Å². The average molecular weight is 498 g/mol. The Morgan fingerprint density at radius 3 is 1.63 bits per heavy atom. The molecule has 10 heteroatoms. The second kappa shape index (κ2) is 10.7. The van der Waals surface area contributed by atoms with Crippen molar-refractivity contribution in [3.8, 4) is 0 Å². The number of halogens is 6. The molecule has 0 saturated carbocycles. The zero-order valence-electron chi connectivity index (χ0n) is 18.8. The highest BCUT2D eigenvalue weighted by atomic mass is 19.4. The molecule has 35 heavy (non-hydrogen) atoms. The highest BCUT2D eigenvalue weighted by Crippen LogP contribution is 2.33. The number of carbonyl (C=O) groups excluding carboxylic acids is 1. The van der Waals surface area contributed by atoms with Crippen LogP contribution in [-0.2, 0) is 17.1 Å². The van der Waals surface area contributed by atoms with Crippen LogP contribution in [0.15, 0.2) is 66.8 Å². The second-order valence-corrected chi connectivity index (χ2v) is 8.08. The summed E-state index contributed by atoms with van der Waals surface area (Å²) in [4.78, 5) is 15.9. The minimum atomic E-state index is -4.53. The Labute approximate surface area is 198 Å². The van der Waals surface area contributed by atoms with Crippen molar-refractivity contribution >= 4 is 11.5 Å². The van der Waals surface area contributed by atoms with Crippen LogP contribution in [0.3, 0.4) is 0 Å². The summed E-state index contributed by atoms with van der Waals surface area (Å²) in [5.74, 6) is -0.286. The zero-order valence-corrected chi connectivity index (χ0v) is 18.8. The summed E-state index contributed by atoms with van der Waals surface area (Å²) >= 11 is 0. The first-order chi connectivity index (χ1) is 16.4. The summed E-state index contributed by atoms with van der Waals surface area (Å²) in [7, 11) is 0. The van der Waals surface area contributed by atoms with Crippen molar-refractivity contribution in [3.63, 3.8) is 0 Å². The van der Waals surface area contributed by atoms with Gasteiger partial charge in [0.2, 0.25) is 5.91 Å². The lowest BCUT2D eigenvalue weighted by atomic mass is 9.95. The number of nitrogens with zero attached hydrogens (tertiary/aromatic N) is 2.